The third-order valence-electron chi connectivity index (χ3n) is 6.08. The highest BCUT2D eigenvalue weighted by atomic mass is 35.5. The molecule has 0 unspecified atom stereocenters. The Labute approximate surface area is 227 Å². The van der Waals surface area contributed by atoms with Crippen LogP contribution in [-0.4, -0.2) is 21.8 Å². The van der Waals surface area contributed by atoms with Gasteiger partial charge in [0.1, 0.15) is 17.7 Å². The summed E-state index contributed by atoms with van der Waals surface area (Å²) in [4.78, 5) is 33.9. The van der Waals surface area contributed by atoms with Gasteiger partial charge in [0.2, 0.25) is 5.82 Å². The molecule has 200 valence electrons. The van der Waals surface area contributed by atoms with Crippen LogP contribution in [0.1, 0.15) is 49.3 Å². The summed E-state index contributed by atoms with van der Waals surface area (Å²) in [7, 11) is 0. The molecular weight excluding hydrogens is 557 g/mol. The molecule has 0 bridgehead atoms. The number of alkyl halides is 3. The van der Waals surface area contributed by atoms with Crippen LogP contribution in [-0.2, 0) is 6.18 Å². The van der Waals surface area contributed by atoms with Crippen molar-refractivity contribution in [1.82, 2.24) is 15.3 Å². The normalized spacial score (nSPS) is 14.3. The van der Waals surface area contributed by atoms with E-state index in [1.54, 1.807) is 6.07 Å². The first-order valence-corrected chi connectivity index (χ1v) is 11.7. The lowest BCUT2D eigenvalue weighted by molar-refractivity contribution is -0.137. The van der Waals surface area contributed by atoms with E-state index in [1.165, 1.54) is 30.6 Å². The number of nitrogens with one attached hydrogen (secondary N) is 2. The predicted molar refractivity (Wildman–Crippen MR) is 132 cm³/mol. The van der Waals surface area contributed by atoms with Crippen LogP contribution in [0, 0.1) is 23.0 Å². The molecule has 2 N–H and O–H groups in total. The van der Waals surface area contributed by atoms with Gasteiger partial charge >= 0.3 is 6.18 Å². The SMILES string of the molecule is N#Cc1ncc(-c2cc(NC(=O)c3cc(F)cc(C(F)(F)F)c3)c3c(c2)C(=O)N[C@@H]3c2cc(F)ccc2Cl)cn1. The van der Waals surface area contributed by atoms with Crippen LogP contribution in [0.25, 0.3) is 11.1 Å². The van der Waals surface area contributed by atoms with Crippen molar-refractivity contribution in [3.8, 4) is 17.2 Å². The Kier molecular flexibility index (Phi) is 6.69. The van der Waals surface area contributed by atoms with E-state index in [9.17, 15) is 31.5 Å². The van der Waals surface area contributed by atoms with Crippen molar-refractivity contribution in [1.29, 1.82) is 5.26 Å². The molecule has 13 heteroatoms. The Morgan fingerprint density at radius 3 is 2.40 bits per heavy atom. The van der Waals surface area contributed by atoms with Crippen molar-refractivity contribution in [3.05, 3.63) is 111 Å². The largest absolute Gasteiger partial charge is 0.416 e. The zero-order chi connectivity index (χ0) is 28.8. The van der Waals surface area contributed by atoms with Gasteiger partial charge in [-0.1, -0.05) is 11.6 Å². The minimum absolute atomic E-state index is 0.0395. The Bertz CT molecular complexity index is 1740. The number of rotatable bonds is 4. The van der Waals surface area contributed by atoms with Crippen molar-refractivity contribution in [2.24, 2.45) is 0 Å². The first-order chi connectivity index (χ1) is 18.9. The molecule has 2 heterocycles. The lowest BCUT2D eigenvalue weighted by Crippen LogP contribution is -2.21. The van der Waals surface area contributed by atoms with Gasteiger partial charge in [-0.25, -0.2) is 18.7 Å². The van der Waals surface area contributed by atoms with E-state index in [0.717, 1.165) is 12.1 Å². The number of hydrogen-bond donors (Lipinski definition) is 2. The van der Waals surface area contributed by atoms with Gasteiger partial charge in [0.05, 0.1) is 11.6 Å². The van der Waals surface area contributed by atoms with Gasteiger partial charge in [0.15, 0.2) is 0 Å². The number of nitriles is 1. The van der Waals surface area contributed by atoms with Gasteiger partial charge in [0, 0.05) is 50.9 Å². The van der Waals surface area contributed by atoms with Gasteiger partial charge in [0.25, 0.3) is 11.8 Å². The van der Waals surface area contributed by atoms with E-state index in [-0.39, 0.29) is 39.3 Å². The van der Waals surface area contributed by atoms with Crippen LogP contribution in [0.15, 0.2) is 60.9 Å². The van der Waals surface area contributed by atoms with Gasteiger partial charge in [-0.15, -0.1) is 0 Å². The van der Waals surface area contributed by atoms with E-state index < -0.39 is 46.8 Å². The molecular formula is C27H13ClF5N5O2. The first kappa shape index (κ1) is 26.7. The average molecular weight is 570 g/mol. The fourth-order valence-electron chi connectivity index (χ4n) is 4.29. The summed E-state index contributed by atoms with van der Waals surface area (Å²) in [6, 6.07) is 8.42. The van der Waals surface area contributed by atoms with E-state index in [1.807, 2.05) is 0 Å². The molecule has 0 saturated carbocycles. The summed E-state index contributed by atoms with van der Waals surface area (Å²) in [5.74, 6) is -3.78. The molecule has 0 aliphatic carbocycles. The molecule has 40 heavy (non-hydrogen) atoms. The molecule has 1 aromatic heterocycles. The number of carbonyl (C=O) groups excluding carboxylic acids is 2. The van der Waals surface area contributed by atoms with Gasteiger partial charge in [-0.2, -0.15) is 18.4 Å². The summed E-state index contributed by atoms with van der Waals surface area (Å²) in [6.07, 6.45) is -2.31. The molecule has 5 rings (SSSR count). The lowest BCUT2D eigenvalue weighted by atomic mass is 9.93. The highest BCUT2D eigenvalue weighted by molar-refractivity contribution is 6.31. The van der Waals surface area contributed by atoms with Crippen LogP contribution in [0.4, 0.5) is 27.6 Å². The third kappa shape index (κ3) is 5.06. The number of carbonyl (C=O) groups is 2. The van der Waals surface area contributed by atoms with Crippen LogP contribution in [0.5, 0.6) is 0 Å². The molecule has 0 radical (unpaired) electrons. The lowest BCUT2D eigenvalue weighted by Gasteiger charge is -2.19. The second-order valence-electron chi connectivity index (χ2n) is 8.64. The summed E-state index contributed by atoms with van der Waals surface area (Å²) < 4.78 is 67.9. The fraction of sp³-hybridized carbons (Fsp3) is 0.0741. The minimum atomic E-state index is -4.91. The maximum Gasteiger partial charge on any atom is 0.416 e. The van der Waals surface area contributed by atoms with Crippen LogP contribution < -0.4 is 10.6 Å². The second kappa shape index (κ2) is 10.0. The monoisotopic (exact) mass is 569 g/mol. The molecule has 0 saturated heterocycles. The van der Waals surface area contributed by atoms with E-state index >= 15 is 0 Å². The molecule has 0 spiro atoms. The topological polar surface area (TPSA) is 108 Å². The molecule has 1 aliphatic rings. The number of benzene rings is 3. The first-order valence-electron chi connectivity index (χ1n) is 11.3. The fourth-order valence-corrected chi connectivity index (χ4v) is 4.51. The van der Waals surface area contributed by atoms with Crippen molar-refractivity contribution in [3.63, 3.8) is 0 Å². The molecule has 1 aliphatic heterocycles. The highest BCUT2D eigenvalue weighted by Crippen LogP contribution is 2.42. The highest BCUT2D eigenvalue weighted by Gasteiger charge is 2.36. The summed E-state index contributed by atoms with van der Waals surface area (Å²) >= 11 is 6.28. The van der Waals surface area contributed by atoms with E-state index in [2.05, 4.69) is 20.6 Å². The number of fused-ring (bicyclic) bond motifs is 1. The molecule has 4 aromatic rings. The average Bonchev–Trinajstić information content (AvgIpc) is 3.25. The molecule has 3 aromatic carbocycles. The molecule has 7 nitrogen and oxygen atoms in total. The molecule has 0 fully saturated rings. The zero-order valence-electron chi connectivity index (χ0n) is 19.8. The van der Waals surface area contributed by atoms with E-state index in [4.69, 9.17) is 16.9 Å². The van der Waals surface area contributed by atoms with Gasteiger partial charge < -0.3 is 10.6 Å². The van der Waals surface area contributed by atoms with E-state index in [0.29, 0.717) is 23.3 Å². The maximum atomic E-state index is 14.1. The Morgan fingerprint density at radius 2 is 1.73 bits per heavy atom. The third-order valence-corrected chi connectivity index (χ3v) is 6.42. The Balaban J connectivity index is 1.66. The Morgan fingerprint density at radius 1 is 1.00 bits per heavy atom. The molecule has 2 amide bonds. The van der Waals surface area contributed by atoms with Gasteiger partial charge in [-0.05, 0) is 54.1 Å². The number of nitrogens with zero attached hydrogens (tertiary/aromatic N) is 3. The number of aromatic nitrogens is 2. The number of halogens is 6. The van der Waals surface area contributed by atoms with Crippen molar-refractivity contribution < 1.29 is 31.5 Å². The van der Waals surface area contributed by atoms with Gasteiger partial charge in [-0.3, -0.25) is 9.59 Å². The summed E-state index contributed by atoms with van der Waals surface area (Å²) in [6.45, 7) is 0. The van der Waals surface area contributed by atoms with Crippen LogP contribution in [0.2, 0.25) is 5.02 Å². The van der Waals surface area contributed by atoms with Crippen LogP contribution >= 0.6 is 11.6 Å². The quantitative estimate of drug-likeness (QED) is 0.291. The summed E-state index contributed by atoms with van der Waals surface area (Å²) in [5, 5.41) is 14.2. The number of hydrogen-bond acceptors (Lipinski definition) is 5. The predicted octanol–water partition coefficient (Wildman–Crippen LogP) is 6.05. The smallest absolute Gasteiger partial charge is 0.341 e. The standard InChI is InChI=1S/C27H13ClF5N5O2/c28-20-2-1-16(29)8-18(20)24-23-19(26(40)38-24)5-12(14-10-35-22(9-34)36-11-14)6-21(23)37-25(39)13-3-15(27(31,32)33)7-17(30)4-13/h1-8,10-11,24H,(H,37,39)(H,38,40)/t24-/m1/s1. The van der Waals surface area contributed by atoms with Crippen LogP contribution in [0.3, 0.4) is 0 Å². The van der Waals surface area contributed by atoms with Crippen molar-refractivity contribution >= 4 is 29.1 Å². The maximum absolute atomic E-state index is 14.1. The second-order valence-corrected chi connectivity index (χ2v) is 9.05. The van der Waals surface area contributed by atoms with Crippen molar-refractivity contribution in [2.75, 3.05) is 5.32 Å². The number of amides is 2. The number of anilines is 1. The molecule has 1 atom stereocenters. The summed E-state index contributed by atoms with van der Waals surface area (Å²) in [5.41, 5.74) is -1.07. The van der Waals surface area contributed by atoms with Crippen molar-refractivity contribution in [2.45, 2.75) is 12.2 Å². The zero-order valence-corrected chi connectivity index (χ0v) is 20.5. The Hall–Kier alpha value is -4.89. The minimum Gasteiger partial charge on any atom is -0.341 e.